The second-order valence-corrected chi connectivity index (χ2v) is 6.97. The highest BCUT2D eigenvalue weighted by Gasteiger charge is 2.10. The van der Waals surface area contributed by atoms with Crippen LogP contribution in [0, 0.1) is 6.92 Å². The van der Waals surface area contributed by atoms with Crippen molar-refractivity contribution in [2.75, 3.05) is 12.5 Å². The van der Waals surface area contributed by atoms with E-state index in [9.17, 15) is 0 Å². The highest BCUT2D eigenvalue weighted by Crippen LogP contribution is 2.31. The van der Waals surface area contributed by atoms with E-state index in [0.29, 0.717) is 28.2 Å². The molecule has 144 valence electrons. The van der Waals surface area contributed by atoms with Crippen LogP contribution in [0.4, 0.5) is 5.69 Å². The smallest absolute Gasteiger partial charge is 0.170 e. The SMILES string of the molecule is COc1cccc(C=NNc2ccc(C)cc2)c1OCc1ccc(Cl)c(Cl)c1. The van der Waals surface area contributed by atoms with Crippen LogP contribution in [-0.4, -0.2) is 13.3 Å². The first-order chi connectivity index (χ1) is 13.6. The van der Waals surface area contributed by atoms with Gasteiger partial charge < -0.3 is 9.47 Å². The molecule has 6 heteroatoms. The number of aryl methyl sites for hydroxylation is 1. The van der Waals surface area contributed by atoms with Gasteiger partial charge in [-0.25, -0.2) is 0 Å². The monoisotopic (exact) mass is 414 g/mol. The summed E-state index contributed by atoms with van der Waals surface area (Å²) in [5, 5.41) is 5.31. The number of benzene rings is 3. The van der Waals surface area contributed by atoms with E-state index in [4.69, 9.17) is 32.7 Å². The number of methoxy groups -OCH3 is 1. The summed E-state index contributed by atoms with van der Waals surface area (Å²) < 4.78 is 11.5. The second-order valence-electron chi connectivity index (χ2n) is 6.15. The second kappa shape index (κ2) is 9.49. The summed E-state index contributed by atoms with van der Waals surface area (Å²) in [4.78, 5) is 0. The molecule has 0 aliphatic heterocycles. The van der Waals surface area contributed by atoms with Gasteiger partial charge in [0, 0.05) is 5.56 Å². The van der Waals surface area contributed by atoms with Crippen molar-refractivity contribution < 1.29 is 9.47 Å². The quantitative estimate of drug-likeness (QED) is 0.362. The maximum absolute atomic E-state index is 6.08. The Hall–Kier alpha value is -2.69. The molecule has 0 amide bonds. The van der Waals surface area contributed by atoms with Crippen LogP contribution in [0.1, 0.15) is 16.7 Å². The predicted octanol–water partition coefficient (Wildman–Crippen LogP) is 6.34. The average molecular weight is 415 g/mol. The lowest BCUT2D eigenvalue weighted by molar-refractivity contribution is 0.284. The highest BCUT2D eigenvalue weighted by atomic mass is 35.5. The van der Waals surface area contributed by atoms with Gasteiger partial charge >= 0.3 is 0 Å². The highest BCUT2D eigenvalue weighted by molar-refractivity contribution is 6.42. The average Bonchev–Trinajstić information content (AvgIpc) is 2.70. The number of hydrogen-bond acceptors (Lipinski definition) is 4. The summed E-state index contributed by atoms with van der Waals surface area (Å²) in [6.45, 7) is 2.37. The fraction of sp³-hybridized carbons (Fsp3) is 0.136. The van der Waals surface area contributed by atoms with Gasteiger partial charge in [-0.05, 0) is 48.9 Å². The van der Waals surface area contributed by atoms with Gasteiger partial charge in [-0.3, -0.25) is 5.43 Å². The molecule has 0 heterocycles. The Balaban J connectivity index is 1.76. The minimum absolute atomic E-state index is 0.323. The summed E-state index contributed by atoms with van der Waals surface area (Å²) in [6, 6.07) is 19.0. The molecule has 0 saturated heterocycles. The van der Waals surface area contributed by atoms with Crippen LogP contribution in [0.15, 0.2) is 65.8 Å². The predicted molar refractivity (Wildman–Crippen MR) is 116 cm³/mol. The molecule has 1 N–H and O–H groups in total. The first kappa shape index (κ1) is 20.1. The zero-order chi connectivity index (χ0) is 19.9. The first-order valence-corrected chi connectivity index (χ1v) is 9.42. The third-order valence-electron chi connectivity index (χ3n) is 4.05. The minimum atomic E-state index is 0.323. The summed E-state index contributed by atoms with van der Waals surface area (Å²) >= 11 is 12.1. The van der Waals surface area contributed by atoms with Gasteiger partial charge in [0.25, 0.3) is 0 Å². The number of nitrogens with zero attached hydrogens (tertiary/aromatic N) is 1. The van der Waals surface area contributed by atoms with Crippen molar-refractivity contribution in [2.45, 2.75) is 13.5 Å². The molecule has 28 heavy (non-hydrogen) atoms. The lowest BCUT2D eigenvalue weighted by atomic mass is 10.2. The summed E-state index contributed by atoms with van der Waals surface area (Å²) in [7, 11) is 1.60. The maximum Gasteiger partial charge on any atom is 0.170 e. The number of para-hydroxylation sites is 1. The molecule has 0 bridgehead atoms. The molecule has 0 spiro atoms. The normalized spacial score (nSPS) is 10.9. The van der Waals surface area contributed by atoms with Crippen molar-refractivity contribution >= 4 is 35.1 Å². The van der Waals surface area contributed by atoms with E-state index in [1.807, 2.05) is 55.5 Å². The molecule has 3 rings (SSSR count). The Morgan fingerprint density at radius 1 is 1.00 bits per heavy atom. The van der Waals surface area contributed by atoms with E-state index in [0.717, 1.165) is 16.8 Å². The molecule has 0 fully saturated rings. The molecule has 3 aromatic rings. The lowest BCUT2D eigenvalue weighted by Crippen LogP contribution is -2.01. The van der Waals surface area contributed by atoms with Crippen LogP contribution in [-0.2, 0) is 6.61 Å². The zero-order valence-electron chi connectivity index (χ0n) is 15.6. The molecule has 3 aromatic carbocycles. The van der Waals surface area contributed by atoms with Gasteiger partial charge in [0.2, 0.25) is 0 Å². The number of nitrogens with one attached hydrogen (secondary N) is 1. The topological polar surface area (TPSA) is 42.8 Å². The van der Waals surface area contributed by atoms with E-state index in [2.05, 4.69) is 10.5 Å². The van der Waals surface area contributed by atoms with Crippen molar-refractivity contribution in [3.63, 3.8) is 0 Å². The Labute approximate surface area is 174 Å². The van der Waals surface area contributed by atoms with E-state index in [-0.39, 0.29) is 0 Å². The summed E-state index contributed by atoms with van der Waals surface area (Å²) in [5.74, 6) is 1.23. The zero-order valence-corrected chi connectivity index (χ0v) is 17.1. The Kier molecular flexibility index (Phi) is 6.80. The molecule has 0 aliphatic carbocycles. The summed E-state index contributed by atoms with van der Waals surface area (Å²) in [5.41, 5.74) is 6.81. The van der Waals surface area contributed by atoms with Crippen LogP contribution in [0.25, 0.3) is 0 Å². The van der Waals surface area contributed by atoms with Gasteiger partial charge in [-0.2, -0.15) is 5.10 Å². The van der Waals surface area contributed by atoms with Gasteiger partial charge in [0.15, 0.2) is 11.5 Å². The fourth-order valence-corrected chi connectivity index (χ4v) is 2.86. The van der Waals surface area contributed by atoms with E-state index >= 15 is 0 Å². The molecule has 0 saturated carbocycles. The van der Waals surface area contributed by atoms with Crippen molar-refractivity contribution in [3.05, 3.63) is 87.4 Å². The molecule has 0 aliphatic rings. The molecule has 0 atom stereocenters. The van der Waals surface area contributed by atoms with Crippen molar-refractivity contribution in [1.29, 1.82) is 0 Å². The number of rotatable bonds is 7. The van der Waals surface area contributed by atoms with Crippen LogP contribution < -0.4 is 14.9 Å². The maximum atomic E-state index is 6.08. The largest absolute Gasteiger partial charge is 0.493 e. The molecule has 0 radical (unpaired) electrons. The standard InChI is InChI=1S/C22H20Cl2N2O2/c1-15-6-9-18(10-7-15)26-25-13-17-4-3-5-21(27-2)22(17)28-14-16-8-11-19(23)20(24)12-16/h3-13,26H,14H2,1-2H3. The van der Waals surface area contributed by atoms with Crippen molar-refractivity contribution in [3.8, 4) is 11.5 Å². The van der Waals surface area contributed by atoms with Crippen LogP contribution in [0.5, 0.6) is 11.5 Å². The van der Waals surface area contributed by atoms with Crippen molar-refractivity contribution in [1.82, 2.24) is 0 Å². The van der Waals surface area contributed by atoms with Gasteiger partial charge in [0.1, 0.15) is 6.61 Å². The number of ether oxygens (including phenoxy) is 2. The van der Waals surface area contributed by atoms with Crippen LogP contribution >= 0.6 is 23.2 Å². The van der Waals surface area contributed by atoms with E-state index < -0.39 is 0 Å². The molecular weight excluding hydrogens is 395 g/mol. The molecule has 0 aromatic heterocycles. The molecule has 4 nitrogen and oxygen atoms in total. The third-order valence-corrected chi connectivity index (χ3v) is 4.78. The van der Waals surface area contributed by atoms with Gasteiger partial charge in [0.05, 0.1) is 29.1 Å². The Bertz CT molecular complexity index is 973. The van der Waals surface area contributed by atoms with E-state index in [1.54, 1.807) is 25.5 Å². The van der Waals surface area contributed by atoms with Crippen LogP contribution in [0.3, 0.4) is 0 Å². The number of hydrazone groups is 1. The minimum Gasteiger partial charge on any atom is -0.493 e. The molecular formula is C22H20Cl2N2O2. The van der Waals surface area contributed by atoms with Crippen LogP contribution in [0.2, 0.25) is 10.0 Å². The van der Waals surface area contributed by atoms with Crippen molar-refractivity contribution in [2.24, 2.45) is 5.10 Å². The van der Waals surface area contributed by atoms with Gasteiger partial charge in [-0.1, -0.05) is 53.0 Å². The lowest BCUT2D eigenvalue weighted by Gasteiger charge is -2.13. The fourth-order valence-electron chi connectivity index (χ4n) is 2.54. The number of hydrogen-bond donors (Lipinski definition) is 1. The third kappa shape index (κ3) is 5.18. The Morgan fingerprint density at radius 3 is 2.50 bits per heavy atom. The number of halogens is 2. The van der Waals surface area contributed by atoms with Gasteiger partial charge in [-0.15, -0.1) is 0 Å². The molecule has 0 unspecified atom stereocenters. The Morgan fingerprint density at radius 2 is 1.79 bits per heavy atom. The number of anilines is 1. The van der Waals surface area contributed by atoms with E-state index in [1.165, 1.54) is 5.56 Å². The summed E-state index contributed by atoms with van der Waals surface area (Å²) in [6.07, 6.45) is 1.70. The first-order valence-electron chi connectivity index (χ1n) is 8.66.